The minimum Gasteiger partial charge on any atom is -0.287 e. The van der Waals surface area contributed by atoms with E-state index in [0.717, 1.165) is 0 Å². The third-order valence-electron chi connectivity index (χ3n) is 0.839. The highest BCUT2D eigenvalue weighted by Crippen LogP contribution is 1.78. The first-order valence-electron chi connectivity index (χ1n) is 2.96. The Balaban J connectivity index is 3.82. The second kappa shape index (κ2) is 5.21. The first-order valence-corrected chi connectivity index (χ1v) is 2.96. The van der Waals surface area contributed by atoms with Gasteiger partial charge in [-0.3, -0.25) is 10.2 Å². The monoisotopic (exact) mass is 152 g/mol. The molecular formula is C6H8N4O. The van der Waals surface area contributed by atoms with Crippen LogP contribution in [-0.4, -0.2) is 24.0 Å². The molecule has 0 fully saturated rings. The van der Waals surface area contributed by atoms with E-state index in [0.29, 0.717) is 0 Å². The van der Waals surface area contributed by atoms with Crippen molar-refractivity contribution in [1.82, 2.24) is 10.4 Å². The van der Waals surface area contributed by atoms with Gasteiger partial charge in [0.05, 0.1) is 12.1 Å². The summed E-state index contributed by atoms with van der Waals surface area (Å²) >= 11 is 0. The molecule has 0 saturated heterocycles. The van der Waals surface area contributed by atoms with Gasteiger partial charge in [-0.2, -0.15) is 15.5 Å². The van der Waals surface area contributed by atoms with Crippen LogP contribution in [0.2, 0.25) is 0 Å². The van der Waals surface area contributed by atoms with Crippen LogP contribution in [0, 0.1) is 22.7 Å². The molecule has 1 N–H and O–H groups in total. The molecule has 0 unspecified atom stereocenters. The van der Waals surface area contributed by atoms with Crippen molar-refractivity contribution in [1.29, 1.82) is 10.5 Å². The Bertz CT molecular complexity index is 196. The van der Waals surface area contributed by atoms with Gasteiger partial charge in [0, 0.05) is 6.92 Å². The Labute approximate surface area is 64.8 Å². The fourth-order valence-corrected chi connectivity index (χ4v) is 0.528. The highest BCUT2D eigenvalue weighted by molar-refractivity contribution is 5.72. The zero-order valence-electron chi connectivity index (χ0n) is 6.16. The Kier molecular flexibility index (Phi) is 4.46. The Morgan fingerprint density at radius 1 is 1.45 bits per heavy atom. The van der Waals surface area contributed by atoms with Gasteiger partial charge in [0.25, 0.3) is 0 Å². The fourth-order valence-electron chi connectivity index (χ4n) is 0.528. The second-order valence-electron chi connectivity index (χ2n) is 1.84. The van der Waals surface area contributed by atoms with Gasteiger partial charge in [-0.25, -0.2) is 0 Å². The fraction of sp³-hybridized carbons (Fsp3) is 0.500. The van der Waals surface area contributed by atoms with Gasteiger partial charge in [0.1, 0.15) is 13.1 Å². The average molecular weight is 152 g/mol. The summed E-state index contributed by atoms with van der Waals surface area (Å²) < 4.78 is 0. The van der Waals surface area contributed by atoms with E-state index in [1.807, 2.05) is 12.1 Å². The maximum absolute atomic E-state index is 10.4. The van der Waals surface area contributed by atoms with Crippen LogP contribution in [0.4, 0.5) is 0 Å². The molecule has 0 spiro atoms. The van der Waals surface area contributed by atoms with E-state index in [1.165, 1.54) is 11.9 Å². The molecule has 0 radical (unpaired) electrons. The van der Waals surface area contributed by atoms with E-state index in [2.05, 4.69) is 5.43 Å². The highest BCUT2D eigenvalue weighted by Gasteiger charge is 2.02. The molecule has 58 valence electrons. The summed E-state index contributed by atoms with van der Waals surface area (Å²) in [5.74, 6) is -0.282. The molecule has 0 aliphatic rings. The molecule has 1 amide bonds. The number of hydrogen-bond donors (Lipinski definition) is 1. The quantitative estimate of drug-likeness (QED) is 0.432. The number of rotatable bonds is 3. The number of carbonyl (C=O) groups excluding carboxylic acids is 1. The Hall–Kier alpha value is -1.59. The van der Waals surface area contributed by atoms with Crippen molar-refractivity contribution in [3.63, 3.8) is 0 Å². The first kappa shape index (κ1) is 9.41. The number of hydrazine groups is 1. The van der Waals surface area contributed by atoms with Gasteiger partial charge >= 0.3 is 0 Å². The van der Waals surface area contributed by atoms with Crippen molar-refractivity contribution in [2.24, 2.45) is 0 Å². The number of nitrogens with zero attached hydrogens (tertiary/aromatic N) is 3. The van der Waals surface area contributed by atoms with E-state index in [9.17, 15) is 4.79 Å². The van der Waals surface area contributed by atoms with Crippen molar-refractivity contribution >= 4 is 5.91 Å². The van der Waals surface area contributed by atoms with Crippen molar-refractivity contribution in [2.45, 2.75) is 6.92 Å². The van der Waals surface area contributed by atoms with E-state index in [1.54, 1.807) is 0 Å². The van der Waals surface area contributed by atoms with Crippen LogP contribution in [0.5, 0.6) is 0 Å². The normalized spacial score (nSPS) is 8.36. The molecule has 5 heteroatoms. The number of nitriles is 2. The molecule has 0 atom stereocenters. The summed E-state index contributed by atoms with van der Waals surface area (Å²) in [6.45, 7) is 1.36. The van der Waals surface area contributed by atoms with Crippen molar-refractivity contribution in [2.75, 3.05) is 13.1 Å². The molecule has 0 heterocycles. The van der Waals surface area contributed by atoms with Gasteiger partial charge < -0.3 is 0 Å². The second-order valence-corrected chi connectivity index (χ2v) is 1.84. The summed E-state index contributed by atoms with van der Waals surface area (Å²) in [7, 11) is 0. The van der Waals surface area contributed by atoms with Crippen molar-refractivity contribution in [3.05, 3.63) is 0 Å². The molecule has 5 nitrogen and oxygen atoms in total. The van der Waals surface area contributed by atoms with Gasteiger partial charge in [0.2, 0.25) is 5.91 Å². The van der Waals surface area contributed by atoms with Gasteiger partial charge in [-0.15, -0.1) is 0 Å². The van der Waals surface area contributed by atoms with Crippen LogP contribution in [0.25, 0.3) is 0 Å². The van der Waals surface area contributed by atoms with E-state index >= 15 is 0 Å². The third-order valence-corrected chi connectivity index (χ3v) is 0.839. The summed E-state index contributed by atoms with van der Waals surface area (Å²) in [6.07, 6.45) is 0. The molecular weight excluding hydrogens is 144 g/mol. The molecule has 0 aromatic rings. The number of carbonyl (C=O) groups is 1. The van der Waals surface area contributed by atoms with Gasteiger partial charge in [-0.05, 0) is 0 Å². The molecule has 0 bridgehead atoms. The molecule has 0 aromatic carbocycles. The molecule has 0 aliphatic heterocycles. The molecule has 0 saturated carbocycles. The van der Waals surface area contributed by atoms with Gasteiger partial charge in [-0.1, -0.05) is 0 Å². The minimum atomic E-state index is -0.282. The predicted molar refractivity (Wildman–Crippen MR) is 36.6 cm³/mol. The van der Waals surface area contributed by atoms with Crippen LogP contribution in [-0.2, 0) is 4.79 Å². The molecule has 0 aromatic heterocycles. The van der Waals surface area contributed by atoms with Crippen LogP contribution in [0.15, 0.2) is 0 Å². The number of amides is 1. The Morgan fingerprint density at radius 2 is 1.91 bits per heavy atom. The van der Waals surface area contributed by atoms with E-state index in [4.69, 9.17) is 10.5 Å². The lowest BCUT2D eigenvalue weighted by molar-refractivity contribution is -0.123. The number of nitrogens with one attached hydrogen (secondary N) is 1. The molecule has 0 aliphatic carbocycles. The van der Waals surface area contributed by atoms with Crippen LogP contribution >= 0.6 is 0 Å². The van der Waals surface area contributed by atoms with Gasteiger partial charge in [0.15, 0.2) is 0 Å². The standard InChI is InChI=1S/C6H8N4O/c1-6(11)9-10(4-2-7)5-3-8/h4-5H2,1H3,(H,9,11). The van der Waals surface area contributed by atoms with E-state index in [-0.39, 0.29) is 19.0 Å². The summed E-state index contributed by atoms with van der Waals surface area (Å²) in [4.78, 5) is 10.4. The average Bonchev–Trinajstić information content (AvgIpc) is 1.87. The van der Waals surface area contributed by atoms with Crippen LogP contribution in [0.3, 0.4) is 0 Å². The predicted octanol–water partition coefficient (Wildman–Crippen LogP) is -0.613. The minimum absolute atomic E-state index is 0.0210. The maximum Gasteiger partial charge on any atom is 0.231 e. The lowest BCUT2D eigenvalue weighted by Gasteiger charge is -2.14. The van der Waals surface area contributed by atoms with Crippen molar-refractivity contribution in [3.8, 4) is 12.1 Å². The molecule has 11 heavy (non-hydrogen) atoms. The first-order chi connectivity index (χ1) is 5.20. The molecule has 0 rings (SSSR count). The smallest absolute Gasteiger partial charge is 0.231 e. The zero-order chi connectivity index (χ0) is 8.69. The maximum atomic E-state index is 10.4. The third kappa shape index (κ3) is 4.89. The van der Waals surface area contributed by atoms with E-state index < -0.39 is 0 Å². The Morgan fingerprint density at radius 3 is 2.18 bits per heavy atom. The highest BCUT2D eigenvalue weighted by atomic mass is 16.2. The van der Waals surface area contributed by atoms with Crippen LogP contribution in [0.1, 0.15) is 6.92 Å². The zero-order valence-corrected chi connectivity index (χ0v) is 6.16. The van der Waals surface area contributed by atoms with Crippen molar-refractivity contribution < 1.29 is 4.79 Å². The SMILES string of the molecule is CC(=O)NN(CC#N)CC#N. The lowest BCUT2D eigenvalue weighted by Crippen LogP contribution is -2.41. The summed E-state index contributed by atoms with van der Waals surface area (Å²) in [5, 5.41) is 17.7. The van der Waals surface area contributed by atoms with Crippen LogP contribution < -0.4 is 5.43 Å². The number of hydrogen-bond acceptors (Lipinski definition) is 4. The summed E-state index contributed by atoms with van der Waals surface area (Å²) in [6, 6.07) is 3.64. The summed E-state index contributed by atoms with van der Waals surface area (Å²) in [5.41, 5.74) is 2.33. The largest absolute Gasteiger partial charge is 0.287 e. The topological polar surface area (TPSA) is 79.9 Å². The lowest BCUT2D eigenvalue weighted by atomic mass is 10.6.